The summed E-state index contributed by atoms with van der Waals surface area (Å²) in [4.78, 5) is 12.2. The van der Waals surface area contributed by atoms with Crippen LogP contribution in [0, 0.1) is 0 Å². The lowest BCUT2D eigenvalue weighted by Gasteiger charge is -2.22. The Morgan fingerprint density at radius 3 is 2.61 bits per heavy atom. The summed E-state index contributed by atoms with van der Waals surface area (Å²) in [6.07, 6.45) is 1.38. The molecule has 9 heteroatoms. The molecule has 1 heterocycles. The minimum absolute atomic E-state index is 0.0553. The zero-order chi connectivity index (χ0) is 20.5. The van der Waals surface area contributed by atoms with Gasteiger partial charge >= 0.3 is 0 Å². The van der Waals surface area contributed by atoms with Crippen molar-refractivity contribution in [1.82, 2.24) is 5.01 Å². The highest BCUT2D eigenvalue weighted by Crippen LogP contribution is 2.41. The number of nitrogens with zero attached hydrogens (tertiary/aromatic N) is 2. The third-order valence-corrected chi connectivity index (χ3v) is 4.97. The number of hydrogen-bond acceptors (Lipinski definition) is 6. The van der Waals surface area contributed by atoms with E-state index >= 15 is 0 Å². The first-order chi connectivity index (χ1) is 13.2. The number of nitrogens with one attached hydrogen (secondary N) is 1. The molecule has 3 rings (SSSR count). The molecule has 1 aliphatic rings. The monoisotopic (exact) mass is 403 g/mol. The Morgan fingerprint density at radius 1 is 1.25 bits per heavy atom. The second-order valence-corrected chi connectivity index (χ2v) is 8.20. The van der Waals surface area contributed by atoms with Crippen molar-refractivity contribution in [1.29, 1.82) is 0 Å². The van der Waals surface area contributed by atoms with E-state index in [4.69, 9.17) is 4.74 Å². The first-order valence-electron chi connectivity index (χ1n) is 8.51. The first kappa shape index (κ1) is 19.7. The van der Waals surface area contributed by atoms with Crippen molar-refractivity contribution in [2.45, 2.75) is 19.4 Å². The predicted molar refractivity (Wildman–Crippen MR) is 106 cm³/mol. The number of para-hydroxylation sites is 2. The Bertz CT molecular complexity index is 1050. The second kappa shape index (κ2) is 7.51. The van der Waals surface area contributed by atoms with E-state index in [9.17, 15) is 18.3 Å². The number of hydrazone groups is 1. The third kappa shape index (κ3) is 3.94. The maximum atomic E-state index is 12.2. The number of aromatic hydroxyl groups is 1. The number of anilines is 1. The number of carbonyl (C=O) groups excluding carboxylic acids is 1. The van der Waals surface area contributed by atoms with Crippen molar-refractivity contribution in [2.24, 2.45) is 5.10 Å². The normalized spacial score (nSPS) is 16.6. The van der Waals surface area contributed by atoms with Gasteiger partial charge in [-0.05, 0) is 12.1 Å². The molecule has 0 spiro atoms. The summed E-state index contributed by atoms with van der Waals surface area (Å²) in [5.74, 6) is -0.0513. The molecule has 2 N–H and O–H groups in total. The van der Waals surface area contributed by atoms with Crippen LogP contribution in [0.5, 0.6) is 11.5 Å². The number of sulfonamides is 1. The Labute approximate surface area is 163 Å². The minimum Gasteiger partial charge on any atom is -0.504 e. The van der Waals surface area contributed by atoms with Gasteiger partial charge in [0.1, 0.15) is 0 Å². The molecule has 8 nitrogen and oxygen atoms in total. The molecule has 28 heavy (non-hydrogen) atoms. The van der Waals surface area contributed by atoms with Gasteiger partial charge in [-0.1, -0.05) is 30.3 Å². The highest BCUT2D eigenvalue weighted by molar-refractivity contribution is 7.92. The van der Waals surface area contributed by atoms with Crippen LogP contribution in [0.4, 0.5) is 5.69 Å². The number of benzene rings is 2. The zero-order valence-electron chi connectivity index (χ0n) is 15.7. The molecule has 148 valence electrons. The molecule has 0 saturated carbocycles. The molecular weight excluding hydrogens is 382 g/mol. The maximum Gasteiger partial charge on any atom is 0.240 e. The number of ether oxygens (including phenoxy) is 1. The van der Waals surface area contributed by atoms with Crippen LogP contribution < -0.4 is 9.46 Å². The smallest absolute Gasteiger partial charge is 0.240 e. The van der Waals surface area contributed by atoms with Crippen LogP contribution in [0.15, 0.2) is 47.6 Å². The van der Waals surface area contributed by atoms with Crippen molar-refractivity contribution < 1.29 is 23.1 Å². The molecule has 1 unspecified atom stereocenters. The van der Waals surface area contributed by atoms with Crippen LogP contribution in [0.25, 0.3) is 0 Å². The van der Waals surface area contributed by atoms with E-state index in [0.29, 0.717) is 34.7 Å². The average molecular weight is 403 g/mol. The Balaban J connectivity index is 2.03. The topological polar surface area (TPSA) is 108 Å². The van der Waals surface area contributed by atoms with Crippen LogP contribution in [0.3, 0.4) is 0 Å². The van der Waals surface area contributed by atoms with Gasteiger partial charge in [0.2, 0.25) is 15.9 Å². The predicted octanol–water partition coefficient (Wildman–Crippen LogP) is 2.47. The number of rotatable bonds is 5. The number of methoxy groups -OCH3 is 1. The Hall–Kier alpha value is -3.07. The fourth-order valence-electron chi connectivity index (χ4n) is 3.20. The van der Waals surface area contributed by atoms with Crippen molar-refractivity contribution in [2.75, 3.05) is 18.1 Å². The van der Waals surface area contributed by atoms with Gasteiger partial charge in [-0.3, -0.25) is 9.52 Å². The van der Waals surface area contributed by atoms with Crippen molar-refractivity contribution in [3.8, 4) is 11.5 Å². The molecule has 1 amide bonds. The fourth-order valence-corrected chi connectivity index (χ4v) is 3.78. The van der Waals surface area contributed by atoms with Gasteiger partial charge < -0.3 is 9.84 Å². The largest absolute Gasteiger partial charge is 0.504 e. The Kier molecular flexibility index (Phi) is 5.28. The van der Waals surface area contributed by atoms with Crippen LogP contribution in [0.2, 0.25) is 0 Å². The highest BCUT2D eigenvalue weighted by Gasteiger charge is 2.34. The van der Waals surface area contributed by atoms with E-state index in [1.54, 1.807) is 42.5 Å². The number of hydrogen-bond donors (Lipinski definition) is 2. The lowest BCUT2D eigenvalue weighted by Crippen LogP contribution is -2.24. The maximum absolute atomic E-state index is 12.2. The number of amides is 1. The van der Waals surface area contributed by atoms with E-state index in [-0.39, 0.29) is 11.7 Å². The molecule has 1 atom stereocenters. The van der Waals surface area contributed by atoms with Gasteiger partial charge in [-0.15, -0.1) is 0 Å². The summed E-state index contributed by atoms with van der Waals surface area (Å²) < 4.78 is 31.0. The van der Waals surface area contributed by atoms with Crippen LogP contribution in [0.1, 0.15) is 30.5 Å². The van der Waals surface area contributed by atoms with E-state index in [1.807, 2.05) is 0 Å². The van der Waals surface area contributed by atoms with Crippen LogP contribution >= 0.6 is 0 Å². The van der Waals surface area contributed by atoms with E-state index in [2.05, 4.69) is 9.82 Å². The summed E-state index contributed by atoms with van der Waals surface area (Å²) in [6, 6.07) is 11.4. The summed E-state index contributed by atoms with van der Waals surface area (Å²) in [5, 5.41) is 16.2. The molecule has 2 aromatic carbocycles. The lowest BCUT2D eigenvalue weighted by atomic mass is 9.96. The van der Waals surface area contributed by atoms with Crippen molar-refractivity contribution in [3.63, 3.8) is 0 Å². The average Bonchev–Trinajstić information content (AvgIpc) is 3.06. The van der Waals surface area contributed by atoms with E-state index < -0.39 is 16.1 Å². The minimum atomic E-state index is -3.48. The molecule has 0 fully saturated rings. The summed E-state index contributed by atoms with van der Waals surface area (Å²) >= 11 is 0. The Morgan fingerprint density at radius 2 is 1.96 bits per heavy atom. The highest BCUT2D eigenvalue weighted by atomic mass is 32.2. The summed E-state index contributed by atoms with van der Waals surface area (Å²) in [5.41, 5.74) is 1.99. The van der Waals surface area contributed by atoms with Gasteiger partial charge in [0, 0.05) is 24.5 Å². The molecule has 1 aliphatic heterocycles. The summed E-state index contributed by atoms with van der Waals surface area (Å²) in [6.45, 7) is 1.39. The molecular formula is C19H21N3O5S. The second-order valence-electron chi connectivity index (χ2n) is 6.45. The molecule has 0 bridgehead atoms. The molecule has 0 aromatic heterocycles. The zero-order valence-corrected chi connectivity index (χ0v) is 16.5. The molecule has 0 radical (unpaired) electrons. The van der Waals surface area contributed by atoms with Gasteiger partial charge in [-0.2, -0.15) is 5.10 Å². The van der Waals surface area contributed by atoms with Crippen molar-refractivity contribution in [3.05, 3.63) is 53.6 Å². The quantitative estimate of drug-likeness (QED) is 0.797. The van der Waals surface area contributed by atoms with Crippen LogP contribution in [-0.4, -0.2) is 43.5 Å². The fraction of sp³-hybridized carbons (Fsp3) is 0.263. The first-order valence-corrected chi connectivity index (χ1v) is 10.4. The molecule has 2 aromatic rings. The van der Waals surface area contributed by atoms with Crippen molar-refractivity contribution >= 4 is 27.3 Å². The van der Waals surface area contributed by atoms with Crippen LogP contribution in [-0.2, 0) is 14.8 Å². The van der Waals surface area contributed by atoms with Gasteiger partial charge in [0.25, 0.3) is 0 Å². The molecule has 0 aliphatic carbocycles. The lowest BCUT2D eigenvalue weighted by molar-refractivity contribution is -0.130. The third-order valence-electron chi connectivity index (χ3n) is 4.38. The SMILES string of the molecule is COc1cccc(C2CC(c3ccccc3NS(C)(=O)=O)=NN2C(C)=O)c1O. The molecule has 0 saturated heterocycles. The number of phenols is 1. The van der Waals surface area contributed by atoms with Gasteiger partial charge in [-0.25, -0.2) is 13.4 Å². The van der Waals surface area contributed by atoms with E-state index in [0.717, 1.165) is 6.26 Å². The van der Waals surface area contributed by atoms with E-state index in [1.165, 1.54) is 19.0 Å². The van der Waals surface area contributed by atoms with Gasteiger partial charge in [0.15, 0.2) is 11.5 Å². The standard InChI is InChI=1S/C19H21N3O5S/c1-12(23)22-17(14-8-6-10-18(27-2)19(14)24)11-16(20-22)13-7-4-5-9-15(13)21-28(3,25)26/h4-10,17,21,24H,11H2,1-3H3. The summed E-state index contributed by atoms with van der Waals surface area (Å²) in [7, 11) is -2.03. The van der Waals surface area contributed by atoms with Gasteiger partial charge in [0.05, 0.1) is 30.8 Å². The number of carbonyl (C=O) groups is 1. The number of phenolic OH excluding ortho intramolecular Hbond substituents is 1.